The minimum atomic E-state index is -1.09. The van der Waals surface area contributed by atoms with Crippen LogP contribution in [0.1, 0.15) is 31.8 Å². The highest BCUT2D eigenvalue weighted by molar-refractivity contribution is 7.83. The first-order chi connectivity index (χ1) is 13.5. The molecule has 0 aliphatic rings. The molecule has 0 spiro atoms. The van der Waals surface area contributed by atoms with Crippen molar-refractivity contribution < 1.29 is 18.9 Å². The Hall–Kier alpha value is -3.25. The second-order valence-electron chi connectivity index (χ2n) is 6.25. The van der Waals surface area contributed by atoms with Crippen LogP contribution in [0.15, 0.2) is 78.9 Å². The van der Waals surface area contributed by atoms with Crippen molar-refractivity contribution in [2.75, 3.05) is 5.32 Å². The molecular weight excluding hydrogens is 374 g/mol. The molecule has 1 amide bonds. The van der Waals surface area contributed by atoms with Gasteiger partial charge in [-0.1, -0.05) is 48.5 Å². The van der Waals surface area contributed by atoms with Crippen molar-refractivity contribution in [3.63, 3.8) is 0 Å². The summed E-state index contributed by atoms with van der Waals surface area (Å²) in [5.74, 6) is -0.629. The molecule has 0 aliphatic heterocycles. The lowest BCUT2D eigenvalue weighted by atomic mass is 10.1. The molecule has 0 saturated heterocycles. The summed E-state index contributed by atoms with van der Waals surface area (Å²) >= 11 is 0. The van der Waals surface area contributed by atoms with Crippen molar-refractivity contribution in [2.24, 2.45) is 0 Å². The van der Waals surface area contributed by atoms with Crippen molar-refractivity contribution in [1.29, 1.82) is 0 Å². The van der Waals surface area contributed by atoms with Crippen LogP contribution in [-0.4, -0.2) is 21.2 Å². The molecule has 6 heteroatoms. The van der Waals surface area contributed by atoms with Crippen LogP contribution in [0, 0.1) is 0 Å². The first-order valence-electron chi connectivity index (χ1n) is 8.64. The summed E-state index contributed by atoms with van der Waals surface area (Å²) in [5, 5.41) is 11.8. The number of anilines is 1. The number of amides is 1. The zero-order valence-electron chi connectivity index (χ0n) is 15.0. The molecule has 2 N–H and O–H groups in total. The molecule has 3 aromatic carbocycles. The molecule has 0 aliphatic carbocycles. The van der Waals surface area contributed by atoms with Gasteiger partial charge in [-0.15, -0.1) is 0 Å². The summed E-state index contributed by atoms with van der Waals surface area (Å²) in [6, 6.07) is 22.7. The summed E-state index contributed by atoms with van der Waals surface area (Å²) in [4.78, 5) is 23.5. The van der Waals surface area contributed by atoms with Crippen LogP contribution in [0.4, 0.5) is 5.69 Å². The number of carboxylic acid groups (broad SMARTS) is 1. The maximum absolute atomic E-state index is 12.4. The fourth-order valence-corrected chi connectivity index (χ4v) is 3.95. The van der Waals surface area contributed by atoms with Crippen molar-refractivity contribution in [3.05, 3.63) is 101 Å². The molecule has 0 fully saturated rings. The van der Waals surface area contributed by atoms with E-state index in [4.69, 9.17) is 5.11 Å². The van der Waals surface area contributed by atoms with E-state index < -0.39 is 22.7 Å². The van der Waals surface area contributed by atoms with Gasteiger partial charge in [-0.25, -0.2) is 4.79 Å². The Morgan fingerprint density at radius 1 is 0.786 bits per heavy atom. The van der Waals surface area contributed by atoms with Crippen molar-refractivity contribution in [2.45, 2.75) is 11.5 Å². The molecule has 0 bridgehead atoms. The number of carboxylic acids is 1. The van der Waals surface area contributed by atoms with Gasteiger partial charge in [0, 0.05) is 33.6 Å². The van der Waals surface area contributed by atoms with Gasteiger partial charge in [0.05, 0.1) is 5.56 Å². The number of nitrogens with one attached hydrogen (secondary N) is 1. The van der Waals surface area contributed by atoms with E-state index in [2.05, 4.69) is 5.32 Å². The van der Waals surface area contributed by atoms with Gasteiger partial charge in [0.25, 0.3) is 5.91 Å². The van der Waals surface area contributed by atoms with Crippen LogP contribution in [0.2, 0.25) is 0 Å². The minimum Gasteiger partial charge on any atom is -0.478 e. The number of hydrogen-bond donors (Lipinski definition) is 2. The van der Waals surface area contributed by atoms with Gasteiger partial charge in [0.15, 0.2) is 0 Å². The summed E-state index contributed by atoms with van der Waals surface area (Å²) < 4.78 is 12.4. The van der Waals surface area contributed by atoms with E-state index in [9.17, 15) is 13.8 Å². The maximum atomic E-state index is 12.4. The largest absolute Gasteiger partial charge is 0.478 e. The van der Waals surface area contributed by atoms with Crippen LogP contribution < -0.4 is 5.32 Å². The Bertz CT molecular complexity index is 1020. The number of carbonyl (C=O) groups excluding carboxylic acids is 1. The van der Waals surface area contributed by atoms with E-state index in [0.29, 0.717) is 17.2 Å². The molecule has 28 heavy (non-hydrogen) atoms. The monoisotopic (exact) mass is 393 g/mol. The third kappa shape index (κ3) is 5.37. The fraction of sp³-hybridized carbons (Fsp3) is 0.0909. The SMILES string of the molecule is O=C(O)c1cccc(C(=O)Nc2cccc(C[S@](=O)Cc3ccccc3)c2)c1. The topological polar surface area (TPSA) is 83.5 Å². The van der Waals surface area contributed by atoms with Crippen LogP contribution in [0.5, 0.6) is 0 Å². The highest BCUT2D eigenvalue weighted by atomic mass is 32.2. The Kier molecular flexibility index (Phi) is 6.34. The lowest BCUT2D eigenvalue weighted by molar-refractivity contribution is 0.0697. The molecule has 0 aromatic heterocycles. The van der Waals surface area contributed by atoms with Crippen LogP contribution >= 0.6 is 0 Å². The van der Waals surface area contributed by atoms with Gasteiger partial charge >= 0.3 is 5.97 Å². The Morgan fingerprint density at radius 2 is 1.43 bits per heavy atom. The predicted octanol–water partition coefficient (Wildman–Crippen LogP) is 4.09. The number of benzene rings is 3. The van der Waals surface area contributed by atoms with E-state index in [1.807, 2.05) is 36.4 Å². The van der Waals surface area contributed by atoms with Crippen LogP contribution in [-0.2, 0) is 22.3 Å². The standard InChI is InChI=1S/C22H19NO4S/c24-21(18-9-5-10-19(13-18)22(25)26)23-20-11-4-8-17(12-20)15-28(27)14-16-6-2-1-3-7-16/h1-13H,14-15H2,(H,23,24)(H,25,26)/t28-/m1/s1. The predicted molar refractivity (Wildman–Crippen MR) is 110 cm³/mol. The molecule has 142 valence electrons. The van der Waals surface area contributed by atoms with E-state index in [-0.39, 0.29) is 11.1 Å². The quantitative estimate of drug-likeness (QED) is 0.633. The lowest BCUT2D eigenvalue weighted by Crippen LogP contribution is -2.13. The first kappa shape index (κ1) is 19.5. The van der Waals surface area contributed by atoms with Crippen molar-refractivity contribution in [3.8, 4) is 0 Å². The molecule has 3 rings (SSSR count). The fourth-order valence-electron chi connectivity index (χ4n) is 2.73. The van der Waals surface area contributed by atoms with Crippen LogP contribution in [0.25, 0.3) is 0 Å². The van der Waals surface area contributed by atoms with E-state index in [1.54, 1.807) is 24.3 Å². The number of hydrogen-bond acceptors (Lipinski definition) is 3. The number of rotatable bonds is 7. The summed E-state index contributed by atoms with van der Waals surface area (Å²) in [5.41, 5.74) is 2.76. The third-order valence-electron chi connectivity index (χ3n) is 4.05. The Labute approximate surface area is 165 Å². The second-order valence-corrected chi connectivity index (χ2v) is 7.71. The summed E-state index contributed by atoms with van der Waals surface area (Å²) in [7, 11) is -1.07. The third-order valence-corrected chi connectivity index (χ3v) is 5.37. The Morgan fingerprint density at radius 3 is 2.18 bits per heavy atom. The molecule has 0 saturated carbocycles. The molecule has 0 radical (unpaired) electrons. The number of aromatic carboxylic acids is 1. The smallest absolute Gasteiger partial charge is 0.335 e. The van der Waals surface area contributed by atoms with Crippen molar-refractivity contribution in [1.82, 2.24) is 0 Å². The molecule has 0 heterocycles. The van der Waals surface area contributed by atoms with E-state index >= 15 is 0 Å². The zero-order chi connectivity index (χ0) is 19.9. The zero-order valence-corrected chi connectivity index (χ0v) is 15.8. The average Bonchev–Trinajstić information content (AvgIpc) is 2.69. The molecule has 3 aromatic rings. The van der Waals surface area contributed by atoms with Gasteiger partial charge in [-0.05, 0) is 41.5 Å². The van der Waals surface area contributed by atoms with Gasteiger partial charge in [0.1, 0.15) is 0 Å². The van der Waals surface area contributed by atoms with Crippen LogP contribution in [0.3, 0.4) is 0 Å². The highest BCUT2D eigenvalue weighted by Crippen LogP contribution is 2.16. The minimum absolute atomic E-state index is 0.0534. The van der Waals surface area contributed by atoms with Gasteiger partial charge in [0.2, 0.25) is 0 Å². The van der Waals surface area contributed by atoms with Gasteiger partial charge < -0.3 is 10.4 Å². The summed E-state index contributed by atoms with van der Waals surface area (Å²) in [6.45, 7) is 0. The molecule has 1 atom stereocenters. The van der Waals surface area contributed by atoms with E-state index in [0.717, 1.165) is 11.1 Å². The lowest BCUT2D eigenvalue weighted by Gasteiger charge is -2.08. The highest BCUT2D eigenvalue weighted by Gasteiger charge is 2.10. The molecular formula is C22H19NO4S. The maximum Gasteiger partial charge on any atom is 0.335 e. The molecule has 5 nitrogen and oxygen atoms in total. The normalized spacial score (nSPS) is 11.6. The molecule has 0 unspecified atom stereocenters. The van der Waals surface area contributed by atoms with Gasteiger partial charge in [-0.3, -0.25) is 9.00 Å². The second kappa shape index (κ2) is 9.10. The van der Waals surface area contributed by atoms with Gasteiger partial charge in [-0.2, -0.15) is 0 Å². The van der Waals surface area contributed by atoms with Crippen molar-refractivity contribution >= 4 is 28.4 Å². The Balaban J connectivity index is 1.66. The first-order valence-corrected chi connectivity index (χ1v) is 10.1. The average molecular weight is 393 g/mol. The number of carbonyl (C=O) groups is 2. The van der Waals surface area contributed by atoms with E-state index in [1.165, 1.54) is 18.2 Å². The summed E-state index contributed by atoms with van der Waals surface area (Å²) in [6.07, 6.45) is 0.